The second-order valence-corrected chi connectivity index (χ2v) is 6.40. The summed E-state index contributed by atoms with van der Waals surface area (Å²) in [6.45, 7) is 0.916. The second-order valence-electron chi connectivity index (χ2n) is 5.49. The zero-order valence-electron chi connectivity index (χ0n) is 12.1. The van der Waals surface area contributed by atoms with Gasteiger partial charge in [0, 0.05) is 17.1 Å². The summed E-state index contributed by atoms with van der Waals surface area (Å²) >= 11 is 3.50. The largest absolute Gasteiger partial charge is 0.496 e. The van der Waals surface area contributed by atoms with E-state index in [-0.39, 0.29) is 6.04 Å². The van der Waals surface area contributed by atoms with Crippen molar-refractivity contribution in [3.05, 3.63) is 28.2 Å². The summed E-state index contributed by atoms with van der Waals surface area (Å²) in [5, 5.41) is 0. The average molecular weight is 342 g/mol. The molecule has 1 aromatic rings. The van der Waals surface area contributed by atoms with E-state index >= 15 is 0 Å². The van der Waals surface area contributed by atoms with E-state index in [4.69, 9.17) is 15.2 Å². The smallest absolute Gasteiger partial charge is 0.122 e. The molecule has 2 unspecified atom stereocenters. The minimum absolute atomic E-state index is 0.156. The minimum atomic E-state index is 0.156. The molecule has 1 aliphatic rings. The van der Waals surface area contributed by atoms with Crippen molar-refractivity contribution in [1.29, 1.82) is 0 Å². The van der Waals surface area contributed by atoms with Crippen molar-refractivity contribution >= 4 is 15.9 Å². The second kappa shape index (κ2) is 8.01. The Bertz CT molecular complexity index is 419. The van der Waals surface area contributed by atoms with Gasteiger partial charge in [-0.05, 0) is 62.3 Å². The van der Waals surface area contributed by atoms with Crippen LogP contribution >= 0.6 is 15.9 Å². The Morgan fingerprint density at radius 1 is 1.45 bits per heavy atom. The third-order valence-corrected chi connectivity index (χ3v) is 4.35. The van der Waals surface area contributed by atoms with Crippen molar-refractivity contribution < 1.29 is 9.47 Å². The van der Waals surface area contributed by atoms with Gasteiger partial charge < -0.3 is 15.2 Å². The number of ether oxygens (including phenoxy) is 2. The topological polar surface area (TPSA) is 44.5 Å². The van der Waals surface area contributed by atoms with Crippen LogP contribution in [0.2, 0.25) is 0 Å². The van der Waals surface area contributed by atoms with E-state index in [0.29, 0.717) is 6.10 Å². The lowest BCUT2D eigenvalue weighted by Crippen LogP contribution is -2.27. The Hall–Kier alpha value is -0.580. The maximum atomic E-state index is 6.27. The van der Waals surface area contributed by atoms with Gasteiger partial charge in [-0.15, -0.1) is 0 Å². The fourth-order valence-electron chi connectivity index (χ4n) is 2.73. The molecular formula is C16H24BrNO2. The van der Waals surface area contributed by atoms with Crippen LogP contribution in [0.5, 0.6) is 5.75 Å². The van der Waals surface area contributed by atoms with Crippen molar-refractivity contribution in [3.63, 3.8) is 0 Å². The van der Waals surface area contributed by atoms with Crippen LogP contribution in [0, 0.1) is 0 Å². The molecule has 1 saturated heterocycles. The lowest BCUT2D eigenvalue weighted by Gasteiger charge is -2.24. The van der Waals surface area contributed by atoms with Crippen LogP contribution in [-0.2, 0) is 11.2 Å². The molecule has 0 saturated carbocycles. The highest BCUT2D eigenvalue weighted by molar-refractivity contribution is 9.10. The molecule has 0 spiro atoms. The summed E-state index contributed by atoms with van der Waals surface area (Å²) in [6, 6.07) is 6.22. The zero-order valence-corrected chi connectivity index (χ0v) is 13.7. The molecule has 1 heterocycles. The highest BCUT2D eigenvalue weighted by atomic mass is 79.9. The van der Waals surface area contributed by atoms with Crippen molar-refractivity contribution in [2.75, 3.05) is 13.7 Å². The van der Waals surface area contributed by atoms with Crippen LogP contribution in [0.15, 0.2) is 22.7 Å². The normalized spacial score (nSPS) is 20.6. The summed E-state index contributed by atoms with van der Waals surface area (Å²) < 4.78 is 12.2. The molecule has 0 aromatic heterocycles. The zero-order chi connectivity index (χ0) is 14.4. The lowest BCUT2D eigenvalue weighted by atomic mass is 9.97. The molecule has 0 aliphatic carbocycles. The molecule has 0 radical (unpaired) electrons. The van der Waals surface area contributed by atoms with Crippen LogP contribution < -0.4 is 10.5 Å². The molecule has 112 valence electrons. The monoisotopic (exact) mass is 341 g/mol. The predicted molar refractivity (Wildman–Crippen MR) is 85.2 cm³/mol. The van der Waals surface area contributed by atoms with Gasteiger partial charge in [-0.25, -0.2) is 0 Å². The summed E-state index contributed by atoms with van der Waals surface area (Å²) in [5.74, 6) is 0.914. The van der Waals surface area contributed by atoms with E-state index in [1.54, 1.807) is 7.11 Å². The number of hydrogen-bond donors (Lipinski definition) is 1. The first-order chi connectivity index (χ1) is 9.69. The van der Waals surface area contributed by atoms with E-state index in [9.17, 15) is 0 Å². The summed E-state index contributed by atoms with van der Waals surface area (Å²) in [5.41, 5.74) is 7.44. The molecule has 0 amide bonds. The van der Waals surface area contributed by atoms with Gasteiger partial charge >= 0.3 is 0 Å². The summed E-state index contributed by atoms with van der Waals surface area (Å²) in [4.78, 5) is 0. The van der Waals surface area contributed by atoms with E-state index in [0.717, 1.165) is 36.1 Å². The number of methoxy groups -OCH3 is 1. The van der Waals surface area contributed by atoms with Crippen LogP contribution in [0.25, 0.3) is 0 Å². The number of nitrogens with two attached hydrogens (primary N) is 1. The molecule has 1 aliphatic heterocycles. The Labute approximate surface area is 130 Å². The number of halogens is 1. The van der Waals surface area contributed by atoms with Crippen molar-refractivity contribution in [2.24, 2.45) is 5.73 Å². The van der Waals surface area contributed by atoms with Gasteiger partial charge in [0.15, 0.2) is 0 Å². The van der Waals surface area contributed by atoms with Gasteiger partial charge in [0.1, 0.15) is 5.75 Å². The first-order valence-corrected chi connectivity index (χ1v) is 8.18. The molecule has 4 heteroatoms. The van der Waals surface area contributed by atoms with E-state index in [1.807, 2.05) is 12.1 Å². The van der Waals surface area contributed by atoms with Crippen LogP contribution in [0.4, 0.5) is 0 Å². The molecular weight excluding hydrogens is 318 g/mol. The van der Waals surface area contributed by atoms with Gasteiger partial charge in [0.25, 0.3) is 0 Å². The van der Waals surface area contributed by atoms with Gasteiger partial charge in [0.05, 0.1) is 13.2 Å². The van der Waals surface area contributed by atoms with Crippen LogP contribution in [-0.4, -0.2) is 25.9 Å². The minimum Gasteiger partial charge on any atom is -0.496 e. The Kier molecular flexibility index (Phi) is 6.33. The third kappa shape index (κ3) is 4.76. The first-order valence-electron chi connectivity index (χ1n) is 7.38. The van der Waals surface area contributed by atoms with Crippen molar-refractivity contribution in [3.8, 4) is 5.75 Å². The van der Waals surface area contributed by atoms with E-state index in [2.05, 4.69) is 22.0 Å². The van der Waals surface area contributed by atoms with E-state index < -0.39 is 0 Å². The van der Waals surface area contributed by atoms with Crippen molar-refractivity contribution in [1.82, 2.24) is 0 Å². The molecule has 2 atom stereocenters. The SMILES string of the molecule is COc1ccc(Br)cc1CC(N)CCC1CCCCO1. The maximum Gasteiger partial charge on any atom is 0.122 e. The number of hydrogen-bond acceptors (Lipinski definition) is 3. The molecule has 3 nitrogen and oxygen atoms in total. The molecule has 2 rings (SSSR count). The highest BCUT2D eigenvalue weighted by Crippen LogP contribution is 2.25. The Morgan fingerprint density at radius 2 is 2.30 bits per heavy atom. The Morgan fingerprint density at radius 3 is 3.00 bits per heavy atom. The fourth-order valence-corrected chi connectivity index (χ4v) is 3.13. The maximum absolute atomic E-state index is 6.27. The molecule has 20 heavy (non-hydrogen) atoms. The van der Waals surface area contributed by atoms with Gasteiger partial charge in [0.2, 0.25) is 0 Å². The average Bonchev–Trinajstić information content (AvgIpc) is 2.46. The summed E-state index contributed by atoms with van der Waals surface area (Å²) in [6.07, 6.45) is 7.01. The highest BCUT2D eigenvalue weighted by Gasteiger charge is 2.16. The first kappa shape index (κ1) is 15.8. The molecule has 2 N–H and O–H groups in total. The lowest BCUT2D eigenvalue weighted by molar-refractivity contribution is 0.00915. The van der Waals surface area contributed by atoms with Crippen LogP contribution in [0.3, 0.4) is 0 Å². The van der Waals surface area contributed by atoms with Gasteiger partial charge in [-0.1, -0.05) is 15.9 Å². The van der Waals surface area contributed by atoms with E-state index in [1.165, 1.54) is 24.8 Å². The number of benzene rings is 1. The standard InChI is InChI=1S/C16H24BrNO2/c1-19-16-8-5-13(17)10-12(16)11-14(18)6-7-15-4-2-3-9-20-15/h5,8,10,14-15H,2-4,6-7,9,11,18H2,1H3. The quantitative estimate of drug-likeness (QED) is 0.858. The predicted octanol–water partition coefficient (Wildman–Crippen LogP) is 3.68. The van der Waals surface area contributed by atoms with Crippen molar-refractivity contribution in [2.45, 2.75) is 50.7 Å². The third-order valence-electron chi connectivity index (χ3n) is 3.86. The van der Waals surface area contributed by atoms with Gasteiger partial charge in [-0.2, -0.15) is 0 Å². The number of rotatable bonds is 6. The fraction of sp³-hybridized carbons (Fsp3) is 0.625. The summed E-state index contributed by atoms with van der Waals surface area (Å²) in [7, 11) is 1.70. The molecule has 0 bridgehead atoms. The van der Waals surface area contributed by atoms with Crippen LogP contribution in [0.1, 0.15) is 37.7 Å². The molecule has 1 aromatic carbocycles. The Balaban J connectivity index is 1.84. The molecule has 1 fully saturated rings. The van der Waals surface area contributed by atoms with Gasteiger partial charge in [-0.3, -0.25) is 0 Å².